The number of ketones is 1. The van der Waals surface area contributed by atoms with E-state index in [1.165, 1.54) is 10.6 Å². The molecule has 0 amide bonds. The van der Waals surface area contributed by atoms with Gasteiger partial charge in [0.05, 0.1) is 11.0 Å². The van der Waals surface area contributed by atoms with Crippen LogP contribution in [0.4, 0.5) is 0 Å². The van der Waals surface area contributed by atoms with E-state index >= 15 is 0 Å². The smallest absolute Gasteiger partial charge is 0.295 e. The van der Waals surface area contributed by atoms with Crippen LogP contribution in [0.3, 0.4) is 0 Å². The number of hydrogen-bond acceptors (Lipinski definition) is 2. The van der Waals surface area contributed by atoms with Crippen LogP contribution in [0.25, 0.3) is 11.0 Å². The quantitative estimate of drug-likeness (QED) is 0.628. The minimum atomic E-state index is -0.171. The lowest BCUT2D eigenvalue weighted by Gasteiger charge is -2.02. The molecule has 0 N–H and O–H groups in total. The van der Waals surface area contributed by atoms with Gasteiger partial charge in [0, 0.05) is 24.1 Å². The lowest BCUT2D eigenvalue weighted by molar-refractivity contribution is 0.104. The van der Waals surface area contributed by atoms with Crippen LogP contribution in [0, 0.1) is 0 Å². The van der Waals surface area contributed by atoms with Gasteiger partial charge in [0.1, 0.15) is 0 Å². The van der Waals surface area contributed by atoms with Gasteiger partial charge in [-0.15, -0.1) is 0 Å². The van der Waals surface area contributed by atoms with E-state index in [1.54, 1.807) is 30.8 Å². The molecule has 0 saturated heterocycles. The van der Waals surface area contributed by atoms with Crippen LogP contribution in [0.2, 0.25) is 0 Å². The van der Waals surface area contributed by atoms with Crippen molar-refractivity contribution in [3.63, 3.8) is 0 Å². The molecule has 2 aromatic rings. The summed E-state index contributed by atoms with van der Waals surface area (Å²) in [6, 6.07) is 3.47. The van der Waals surface area contributed by atoms with E-state index in [4.69, 9.17) is 0 Å². The van der Waals surface area contributed by atoms with Crippen molar-refractivity contribution in [2.24, 2.45) is 14.1 Å². The molecule has 0 bridgehead atoms. The number of hydrogen-bond donors (Lipinski definition) is 0. The van der Waals surface area contributed by atoms with Crippen LogP contribution in [-0.2, 0) is 14.1 Å². The summed E-state index contributed by atoms with van der Waals surface area (Å²) in [6.45, 7) is 3.46. The van der Waals surface area contributed by atoms with Crippen molar-refractivity contribution in [3.05, 3.63) is 45.3 Å². The zero-order chi connectivity index (χ0) is 12.7. The summed E-state index contributed by atoms with van der Waals surface area (Å²) < 4.78 is 3.72. The summed E-state index contributed by atoms with van der Waals surface area (Å²) >= 11 is 3.33. The summed E-state index contributed by atoms with van der Waals surface area (Å²) in [6.07, 6.45) is 1.26. The van der Waals surface area contributed by atoms with E-state index in [1.807, 2.05) is 0 Å². The van der Waals surface area contributed by atoms with E-state index in [0.29, 0.717) is 10.0 Å². The molecule has 0 unspecified atom stereocenters. The van der Waals surface area contributed by atoms with Crippen molar-refractivity contribution in [2.45, 2.75) is 0 Å². The first-order chi connectivity index (χ1) is 7.97. The number of nitrogens with zero attached hydrogens (tertiary/aromatic N) is 2. The summed E-state index contributed by atoms with van der Waals surface area (Å²) in [5, 5.41) is 0. The molecule has 17 heavy (non-hydrogen) atoms. The molecular weight excluding hydrogens is 284 g/mol. The van der Waals surface area contributed by atoms with E-state index in [-0.39, 0.29) is 11.5 Å². The highest BCUT2D eigenvalue weighted by molar-refractivity contribution is 9.10. The lowest BCUT2D eigenvalue weighted by Crippen LogP contribution is -2.19. The summed E-state index contributed by atoms with van der Waals surface area (Å²) in [4.78, 5) is 23.4. The number of allylic oxidation sites excluding steroid dienone is 1. The molecule has 0 aliphatic rings. The summed E-state index contributed by atoms with van der Waals surface area (Å²) in [5.74, 6) is -0.171. The van der Waals surface area contributed by atoms with Crippen LogP contribution >= 0.6 is 15.9 Å². The van der Waals surface area contributed by atoms with Crippen molar-refractivity contribution >= 4 is 32.7 Å². The highest BCUT2D eigenvalue weighted by Gasteiger charge is 2.13. The van der Waals surface area contributed by atoms with Gasteiger partial charge in [-0.1, -0.05) is 6.58 Å². The molecule has 5 heteroatoms. The van der Waals surface area contributed by atoms with Crippen molar-refractivity contribution in [3.8, 4) is 0 Å². The average molecular weight is 295 g/mol. The molecule has 88 valence electrons. The molecule has 2 rings (SSSR count). The molecule has 1 aromatic carbocycles. The van der Waals surface area contributed by atoms with Crippen LogP contribution < -0.4 is 5.69 Å². The van der Waals surface area contributed by atoms with Crippen LogP contribution in [0.1, 0.15) is 10.4 Å². The summed E-state index contributed by atoms with van der Waals surface area (Å²) in [5.41, 5.74) is 1.90. The maximum absolute atomic E-state index is 11.8. The van der Waals surface area contributed by atoms with Gasteiger partial charge < -0.3 is 0 Å². The minimum absolute atomic E-state index is 0.116. The van der Waals surface area contributed by atoms with Gasteiger partial charge in [-0.2, -0.15) is 0 Å². The second-order valence-corrected chi connectivity index (χ2v) is 4.64. The normalized spacial score (nSPS) is 10.8. The number of benzene rings is 1. The fraction of sp³-hybridized carbons (Fsp3) is 0.167. The Morgan fingerprint density at radius 3 is 2.35 bits per heavy atom. The van der Waals surface area contributed by atoms with Crippen molar-refractivity contribution in [2.75, 3.05) is 0 Å². The van der Waals surface area contributed by atoms with Gasteiger partial charge >= 0.3 is 5.69 Å². The molecule has 4 nitrogen and oxygen atoms in total. The Balaban J connectivity index is 2.90. The Bertz CT molecular complexity index is 695. The van der Waals surface area contributed by atoms with Gasteiger partial charge in [0.25, 0.3) is 0 Å². The first kappa shape index (κ1) is 11.9. The highest BCUT2D eigenvalue weighted by Crippen LogP contribution is 2.24. The number of halogens is 1. The zero-order valence-electron chi connectivity index (χ0n) is 9.53. The lowest BCUT2D eigenvalue weighted by atomic mass is 10.1. The zero-order valence-corrected chi connectivity index (χ0v) is 11.1. The van der Waals surface area contributed by atoms with Gasteiger partial charge in [0.2, 0.25) is 0 Å². The third-order valence-electron chi connectivity index (χ3n) is 2.81. The Kier molecular flexibility index (Phi) is 2.79. The number of carbonyl (C=O) groups is 1. The van der Waals surface area contributed by atoms with Crippen LogP contribution in [0.5, 0.6) is 0 Å². The van der Waals surface area contributed by atoms with Crippen LogP contribution in [0.15, 0.2) is 34.1 Å². The first-order valence-corrected chi connectivity index (χ1v) is 5.78. The SMILES string of the molecule is C=CC(=O)c1cc2c(cc1Br)n(C)c(=O)n2C. The predicted octanol–water partition coefficient (Wildman–Crippen LogP) is 2.01. The van der Waals surface area contributed by atoms with Crippen molar-refractivity contribution in [1.82, 2.24) is 9.13 Å². The molecule has 1 aromatic heterocycles. The predicted molar refractivity (Wildman–Crippen MR) is 70.4 cm³/mol. The van der Waals surface area contributed by atoms with Crippen molar-refractivity contribution < 1.29 is 4.79 Å². The number of carbonyl (C=O) groups excluding carboxylic acids is 1. The number of rotatable bonds is 2. The van der Waals surface area contributed by atoms with Gasteiger partial charge in [-0.25, -0.2) is 4.79 Å². The fourth-order valence-electron chi connectivity index (χ4n) is 1.82. The average Bonchev–Trinajstić information content (AvgIpc) is 2.53. The van der Waals surface area contributed by atoms with E-state index in [2.05, 4.69) is 22.5 Å². The topological polar surface area (TPSA) is 44.0 Å². The Morgan fingerprint density at radius 2 is 1.82 bits per heavy atom. The standard InChI is InChI=1S/C12H11BrN2O2/c1-4-11(16)7-5-9-10(6-8(7)13)15(3)12(17)14(9)2/h4-6H,1H2,2-3H3. The molecule has 0 fully saturated rings. The fourth-order valence-corrected chi connectivity index (χ4v) is 2.35. The second-order valence-electron chi connectivity index (χ2n) is 3.79. The van der Waals surface area contributed by atoms with E-state index in [0.717, 1.165) is 11.0 Å². The third-order valence-corrected chi connectivity index (χ3v) is 3.47. The molecule has 0 aliphatic heterocycles. The van der Waals surface area contributed by atoms with E-state index < -0.39 is 0 Å². The Hall–Kier alpha value is -1.62. The molecule has 0 saturated carbocycles. The molecule has 0 aliphatic carbocycles. The molecule has 0 spiro atoms. The highest BCUT2D eigenvalue weighted by atomic mass is 79.9. The Morgan fingerprint density at radius 1 is 1.29 bits per heavy atom. The molecule has 0 radical (unpaired) electrons. The largest absolute Gasteiger partial charge is 0.328 e. The van der Waals surface area contributed by atoms with Gasteiger partial charge in [0.15, 0.2) is 5.78 Å². The maximum Gasteiger partial charge on any atom is 0.328 e. The van der Waals surface area contributed by atoms with E-state index in [9.17, 15) is 9.59 Å². The second kappa shape index (κ2) is 4.00. The first-order valence-electron chi connectivity index (χ1n) is 4.99. The number of aryl methyl sites for hydroxylation is 2. The third kappa shape index (κ3) is 1.67. The molecular formula is C12H11BrN2O2. The maximum atomic E-state index is 11.8. The number of imidazole rings is 1. The number of aromatic nitrogens is 2. The number of fused-ring (bicyclic) bond motifs is 1. The van der Waals surface area contributed by atoms with Gasteiger partial charge in [-0.3, -0.25) is 13.9 Å². The van der Waals surface area contributed by atoms with Crippen LogP contribution in [-0.4, -0.2) is 14.9 Å². The monoisotopic (exact) mass is 294 g/mol. The molecule has 1 heterocycles. The molecule has 0 atom stereocenters. The summed E-state index contributed by atoms with van der Waals surface area (Å²) in [7, 11) is 3.38. The van der Waals surface area contributed by atoms with Crippen molar-refractivity contribution in [1.29, 1.82) is 0 Å². The minimum Gasteiger partial charge on any atom is -0.295 e. The Labute approximate surface area is 106 Å². The van der Waals surface area contributed by atoms with Gasteiger partial charge in [-0.05, 0) is 34.1 Å².